The summed E-state index contributed by atoms with van der Waals surface area (Å²) in [5.41, 5.74) is 3.58. The summed E-state index contributed by atoms with van der Waals surface area (Å²) >= 11 is 0. The number of hydrogen-bond acceptors (Lipinski definition) is 2. The Balaban J connectivity index is 2.69. The monoisotopic (exact) mass is 364 g/mol. The maximum absolute atomic E-state index is 12.5. The molecule has 0 aliphatic carbocycles. The number of benzene rings is 2. The molecule has 2 N–H and O–H groups in total. The molecule has 0 unspecified atom stereocenters. The van der Waals surface area contributed by atoms with Crippen molar-refractivity contribution >= 4 is 9.91 Å². The molecule has 0 aliphatic heterocycles. The number of hydrogen-bond donors (Lipinski definition) is 2. The summed E-state index contributed by atoms with van der Waals surface area (Å²) in [6.45, 7) is 11.2. The summed E-state index contributed by atoms with van der Waals surface area (Å²) in [5, 5.41) is -0.955. The van der Waals surface area contributed by atoms with Crippen LogP contribution in [-0.2, 0) is 15.3 Å². The molecule has 25 heavy (non-hydrogen) atoms. The van der Waals surface area contributed by atoms with E-state index in [0.717, 1.165) is 16.7 Å². The predicted octanol–water partition coefficient (Wildman–Crippen LogP) is 5.43. The van der Waals surface area contributed by atoms with Crippen LogP contribution < -0.4 is 4.18 Å². The summed E-state index contributed by atoms with van der Waals surface area (Å²) in [5.74, 6) is 0.193. The summed E-state index contributed by atoms with van der Waals surface area (Å²) in [4.78, 5) is 0. The first kappa shape index (κ1) is 19.6. The highest BCUT2D eigenvalue weighted by molar-refractivity contribution is 8.06. The molecule has 0 aromatic heterocycles. The van der Waals surface area contributed by atoms with E-state index in [4.69, 9.17) is 4.18 Å². The van der Waals surface area contributed by atoms with Crippen molar-refractivity contribution in [3.8, 4) is 16.9 Å². The predicted molar refractivity (Wildman–Crippen MR) is 104 cm³/mol. The average Bonchev–Trinajstić information content (AvgIpc) is 2.46. The highest BCUT2D eigenvalue weighted by Crippen LogP contribution is 2.39. The minimum atomic E-state index is -5.22. The van der Waals surface area contributed by atoms with Crippen LogP contribution in [0.25, 0.3) is 11.1 Å². The Bertz CT molecular complexity index is 841. The first-order chi connectivity index (χ1) is 11.3. The second-order valence-corrected chi connectivity index (χ2v) is 10.6. The molecule has 0 fully saturated rings. The normalized spacial score (nSPS) is 14.2. The lowest BCUT2D eigenvalue weighted by atomic mass is 9.85. The molecule has 0 atom stereocenters. The van der Waals surface area contributed by atoms with Crippen molar-refractivity contribution in [3.63, 3.8) is 0 Å². The van der Waals surface area contributed by atoms with Crippen molar-refractivity contribution in [2.75, 3.05) is 0 Å². The molecule has 138 valence electrons. The molecule has 2 rings (SSSR count). The lowest BCUT2D eigenvalue weighted by Crippen LogP contribution is -2.45. The van der Waals surface area contributed by atoms with Gasteiger partial charge >= 0.3 is 0 Å². The minimum absolute atomic E-state index is 0.0897. The van der Waals surface area contributed by atoms with Gasteiger partial charge in [0.2, 0.25) is 9.91 Å². The maximum Gasteiger partial charge on any atom is 0.228 e. The fourth-order valence-electron chi connectivity index (χ4n) is 2.42. The van der Waals surface area contributed by atoms with Gasteiger partial charge in [-0.2, -0.15) is 4.21 Å². The van der Waals surface area contributed by atoms with Crippen LogP contribution in [0.3, 0.4) is 0 Å². The Morgan fingerprint density at radius 1 is 1.00 bits per heavy atom. The van der Waals surface area contributed by atoms with Gasteiger partial charge in [-0.25, -0.2) is 0 Å². The van der Waals surface area contributed by atoms with Crippen molar-refractivity contribution in [1.82, 2.24) is 0 Å². The fraction of sp³-hybridized carbons (Fsp3) is 0.400. The summed E-state index contributed by atoms with van der Waals surface area (Å²) in [6, 6.07) is 13.2. The van der Waals surface area contributed by atoms with Gasteiger partial charge < -0.3 is 4.18 Å². The third kappa shape index (κ3) is 4.29. The maximum atomic E-state index is 12.5. The van der Waals surface area contributed by atoms with Gasteiger partial charge in [-0.1, -0.05) is 51.1 Å². The van der Waals surface area contributed by atoms with Crippen LogP contribution >= 0.6 is 0 Å². The van der Waals surface area contributed by atoms with Crippen LogP contribution in [0.5, 0.6) is 5.75 Å². The lowest BCUT2D eigenvalue weighted by Gasteiger charge is -2.35. The van der Waals surface area contributed by atoms with E-state index in [2.05, 4.69) is 20.8 Å². The molecule has 5 heteroatoms. The molecular weight excluding hydrogens is 336 g/mol. The standard InChI is InChI=1S/C20H28O4S/c1-14(2)25(21,22,23)24-19-12-11-16(20(4,5)6)13-18(19)17-10-8-7-9-15(17)3/h7-14H,1-6H3,(H2,21,22,23). The molecule has 0 saturated heterocycles. The van der Waals surface area contributed by atoms with E-state index in [-0.39, 0.29) is 11.2 Å². The molecule has 2 aromatic carbocycles. The summed E-state index contributed by atoms with van der Waals surface area (Å²) in [6.07, 6.45) is 0. The van der Waals surface area contributed by atoms with Gasteiger partial charge in [0, 0.05) is 5.56 Å². The van der Waals surface area contributed by atoms with Crippen LogP contribution in [0, 0.1) is 6.92 Å². The smallest absolute Gasteiger partial charge is 0.228 e. The van der Waals surface area contributed by atoms with Crippen LogP contribution in [0.2, 0.25) is 0 Å². The third-order valence-electron chi connectivity index (χ3n) is 4.33. The van der Waals surface area contributed by atoms with Crippen LogP contribution in [0.4, 0.5) is 0 Å². The van der Waals surface area contributed by atoms with Gasteiger partial charge in [-0.15, -0.1) is 0 Å². The highest BCUT2D eigenvalue weighted by atomic mass is 32.3. The second kappa shape index (κ2) is 6.24. The molecule has 4 nitrogen and oxygen atoms in total. The molecule has 0 saturated carbocycles. The van der Waals surface area contributed by atoms with Gasteiger partial charge in [0.1, 0.15) is 0 Å². The van der Waals surface area contributed by atoms with E-state index in [9.17, 15) is 13.3 Å². The first-order valence-corrected chi connectivity index (χ1v) is 10.2. The van der Waals surface area contributed by atoms with Crippen LogP contribution in [-0.4, -0.2) is 18.6 Å². The molecule has 0 amide bonds. The minimum Gasteiger partial charge on any atom is -0.385 e. The zero-order chi connectivity index (χ0) is 19.1. The number of aryl methyl sites for hydroxylation is 1. The van der Waals surface area contributed by atoms with Crippen LogP contribution in [0.15, 0.2) is 42.5 Å². The zero-order valence-electron chi connectivity index (χ0n) is 15.7. The topological polar surface area (TPSA) is 66.8 Å². The van der Waals surface area contributed by atoms with Crippen molar-refractivity contribution in [2.45, 2.75) is 52.2 Å². The highest BCUT2D eigenvalue weighted by Gasteiger charge is 2.37. The average molecular weight is 365 g/mol. The van der Waals surface area contributed by atoms with E-state index in [1.807, 2.05) is 43.3 Å². The second-order valence-electron chi connectivity index (χ2n) is 7.76. The molecule has 0 radical (unpaired) electrons. The van der Waals surface area contributed by atoms with Crippen molar-refractivity contribution in [3.05, 3.63) is 53.6 Å². The van der Waals surface area contributed by atoms with Crippen LogP contribution in [0.1, 0.15) is 45.7 Å². The van der Waals surface area contributed by atoms with Crippen molar-refractivity contribution in [2.24, 2.45) is 0 Å². The fourth-order valence-corrected chi connectivity index (χ4v) is 3.10. The van der Waals surface area contributed by atoms with Gasteiger partial charge in [0.25, 0.3) is 0 Å². The van der Waals surface area contributed by atoms with E-state index >= 15 is 0 Å². The Hall–Kier alpha value is -1.69. The molecular formula is C20H28O4S. The van der Waals surface area contributed by atoms with Gasteiger partial charge in [0.15, 0.2) is 5.75 Å². The van der Waals surface area contributed by atoms with Crippen molar-refractivity contribution in [1.29, 1.82) is 0 Å². The molecule has 0 heterocycles. The quantitative estimate of drug-likeness (QED) is 0.759. The lowest BCUT2D eigenvalue weighted by molar-refractivity contribution is 0.285. The Labute approximate surface area is 150 Å². The van der Waals surface area contributed by atoms with E-state index in [0.29, 0.717) is 5.56 Å². The van der Waals surface area contributed by atoms with Gasteiger partial charge in [-0.3, -0.25) is 9.11 Å². The molecule has 0 aliphatic rings. The molecule has 0 spiro atoms. The Morgan fingerprint density at radius 2 is 1.60 bits per heavy atom. The molecule has 2 aromatic rings. The van der Waals surface area contributed by atoms with Gasteiger partial charge in [-0.05, 0) is 55.0 Å². The van der Waals surface area contributed by atoms with E-state index < -0.39 is 15.2 Å². The Kier molecular flexibility index (Phi) is 4.90. The van der Waals surface area contributed by atoms with Crippen molar-refractivity contribution < 1.29 is 17.5 Å². The number of rotatable bonds is 4. The summed E-state index contributed by atoms with van der Waals surface area (Å²) in [7, 11) is -5.22. The van der Waals surface area contributed by atoms with E-state index in [1.54, 1.807) is 6.07 Å². The largest absolute Gasteiger partial charge is 0.385 e. The summed E-state index contributed by atoms with van der Waals surface area (Å²) < 4.78 is 38.2. The Morgan fingerprint density at radius 3 is 2.12 bits per heavy atom. The molecule has 0 bridgehead atoms. The van der Waals surface area contributed by atoms with E-state index in [1.165, 1.54) is 13.8 Å². The SMILES string of the molecule is Cc1ccccc1-c1cc(C(C)(C)C)ccc1OS(=O)(O)(O)C(C)C. The van der Waals surface area contributed by atoms with Gasteiger partial charge in [0.05, 0.1) is 5.25 Å². The third-order valence-corrected chi connectivity index (χ3v) is 6.44. The zero-order valence-corrected chi connectivity index (χ0v) is 16.6. The first-order valence-electron chi connectivity index (χ1n) is 8.36.